The summed E-state index contributed by atoms with van der Waals surface area (Å²) >= 11 is 6.04. The van der Waals surface area contributed by atoms with Crippen LogP contribution in [0.1, 0.15) is 27.1 Å². The van der Waals surface area contributed by atoms with Crippen molar-refractivity contribution in [2.45, 2.75) is 18.9 Å². The Morgan fingerprint density at radius 1 is 1.03 bits per heavy atom. The van der Waals surface area contributed by atoms with Gasteiger partial charge in [0.25, 0.3) is 11.8 Å². The molecular weight excluding hydrogens is 507 g/mol. The molecule has 0 spiro atoms. The van der Waals surface area contributed by atoms with Gasteiger partial charge in [-0.1, -0.05) is 17.7 Å². The van der Waals surface area contributed by atoms with E-state index in [-0.39, 0.29) is 30.8 Å². The fourth-order valence-electron chi connectivity index (χ4n) is 4.70. The lowest BCUT2D eigenvalue weighted by atomic mass is 10.1. The first kappa shape index (κ1) is 25.1. The molecule has 4 aromatic rings. The van der Waals surface area contributed by atoms with Crippen LogP contribution in [0.25, 0.3) is 21.7 Å². The first-order valence-electron chi connectivity index (χ1n) is 11.7. The number of likely N-dealkylation sites (tertiary alicyclic amines) is 1. The first-order valence-corrected chi connectivity index (χ1v) is 12.1. The Morgan fingerprint density at radius 2 is 1.84 bits per heavy atom. The topological polar surface area (TPSA) is 77.6 Å². The number of halogens is 4. The molecule has 0 radical (unpaired) electrons. The Balaban J connectivity index is 1.39. The normalized spacial score (nSPS) is 15.5. The quantitative estimate of drug-likeness (QED) is 0.315. The number of nitrogens with two attached hydrogens (primary N) is 1. The maximum Gasteiger partial charge on any atom is 0.261 e. The molecule has 1 amide bonds. The lowest BCUT2D eigenvalue weighted by molar-refractivity contribution is 0.0120. The SMILES string of the molecule is NC(=O)c1cc2cc(Cl)ccc2cc1OCC(=O)c1cn(CCN2CCC(F)(F)C2)c2cc(F)ccc12. The van der Waals surface area contributed by atoms with Gasteiger partial charge >= 0.3 is 0 Å². The molecule has 6 nitrogen and oxygen atoms in total. The van der Waals surface area contributed by atoms with Gasteiger partial charge in [0.15, 0.2) is 6.61 Å². The summed E-state index contributed by atoms with van der Waals surface area (Å²) in [5.74, 6) is -4.14. The van der Waals surface area contributed by atoms with Crippen molar-refractivity contribution in [1.82, 2.24) is 9.47 Å². The zero-order valence-corrected chi connectivity index (χ0v) is 20.4. The van der Waals surface area contributed by atoms with Crippen LogP contribution in [0.4, 0.5) is 13.2 Å². The average molecular weight is 530 g/mol. The van der Waals surface area contributed by atoms with Crippen LogP contribution in [0.3, 0.4) is 0 Å². The van der Waals surface area contributed by atoms with E-state index in [1.807, 2.05) is 0 Å². The zero-order chi connectivity index (χ0) is 26.3. The number of ketones is 1. The smallest absolute Gasteiger partial charge is 0.261 e. The van der Waals surface area contributed by atoms with Crippen LogP contribution in [-0.4, -0.2) is 53.3 Å². The number of primary amides is 1. The summed E-state index contributed by atoms with van der Waals surface area (Å²) in [6.45, 7) is 0.210. The number of carbonyl (C=O) groups excluding carboxylic acids is 2. The fourth-order valence-corrected chi connectivity index (χ4v) is 4.88. The number of fused-ring (bicyclic) bond motifs is 2. The van der Waals surface area contributed by atoms with Gasteiger partial charge in [0.1, 0.15) is 11.6 Å². The standard InChI is InChI=1S/C27H23ClF3N3O3/c28-18-2-1-16-11-25(21(26(32)36)10-17(16)9-18)37-14-24(35)22-13-34(23-12-19(29)3-4-20(22)23)8-7-33-6-5-27(30,31)15-33/h1-4,9-13H,5-8,14-15H2,(H2,32,36). The zero-order valence-electron chi connectivity index (χ0n) is 19.6. The van der Waals surface area contributed by atoms with E-state index in [2.05, 4.69) is 0 Å². The van der Waals surface area contributed by atoms with Crippen molar-refractivity contribution in [3.05, 3.63) is 76.7 Å². The molecule has 10 heteroatoms. The number of aromatic nitrogens is 1. The summed E-state index contributed by atoms with van der Waals surface area (Å²) in [5, 5.41) is 2.46. The second-order valence-corrected chi connectivity index (χ2v) is 9.63. The number of amides is 1. The number of hydrogen-bond acceptors (Lipinski definition) is 4. The van der Waals surface area contributed by atoms with E-state index in [1.165, 1.54) is 18.2 Å². The van der Waals surface area contributed by atoms with E-state index in [1.54, 1.807) is 46.0 Å². The van der Waals surface area contributed by atoms with E-state index in [9.17, 15) is 22.8 Å². The van der Waals surface area contributed by atoms with Gasteiger partial charge in [0, 0.05) is 48.2 Å². The van der Waals surface area contributed by atoms with Gasteiger partial charge in [0.05, 0.1) is 17.6 Å². The maximum absolute atomic E-state index is 14.0. The Bertz CT molecular complexity index is 1540. The highest BCUT2D eigenvalue weighted by Crippen LogP contribution is 2.30. The molecule has 37 heavy (non-hydrogen) atoms. The van der Waals surface area contributed by atoms with Crippen LogP contribution < -0.4 is 10.5 Å². The third kappa shape index (κ3) is 5.28. The van der Waals surface area contributed by atoms with E-state index in [0.29, 0.717) is 40.0 Å². The predicted molar refractivity (Wildman–Crippen MR) is 135 cm³/mol. The van der Waals surface area contributed by atoms with Gasteiger partial charge < -0.3 is 15.0 Å². The molecule has 0 aliphatic carbocycles. The molecule has 1 aromatic heterocycles. The van der Waals surface area contributed by atoms with Crippen molar-refractivity contribution in [2.75, 3.05) is 26.2 Å². The summed E-state index contributed by atoms with van der Waals surface area (Å²) < 4.78 is 48.6. The van der Waals surface area contributed by atoms with Crippen molar-refractivity contribution < 1.29 is 27.5 Å². The molecule has 2 heterocycles. The molecule has 0 bridgehead atoms. The van der Waals surface area contributed by atoms with Crippen molar-refractivity contribution in [3.8, 4) is 5.75 Å². The van der Waals surface area contributed by atoms with Gasteiger partial charge in [-0.05, 0) is 53.2 Å². The summed E-state index contributed by atoms with van der Waals surface area (Å²) in [7, 11) is 0. The van der Waals surface area contributed by atoms with Crippen LogP contribution in [0.15, 0.2) is 54.7 Å². The van der Waals surface area contributed by atoms with Crippen LogP contribution in [-0.2, 0) is 6.54 Å². The van der Waals surface area contributed by atoms with Crippen LogP contribution in [0.5, 0.6) is 5.75 Å². The van der Waals surface area contributed by atoms with Gasteiger partial charge in [-0.15, -0.1) is 0 Å². The highest BCUT2D eigenvalue weighted by molar-refractivity contribution is 6.31. The Labute approximate surface area is 215 Å². The average Bonchev–Trinajstić information content (AvgIpc) is 3.39. The third-order valence-corrected chi connectivity index (χ3v) is 6.81. The molecule has 3 aromatic carbocycles. The molecule has 1 aliphatic heterocycles. The third-order valence-electron chi connectivity index (χ3n) is 6.58. The summed E-state index contributed by atoms with van der Waals surface area (Å²) in [6.07, 6.45) is 1.39. The second kappa shape index (κ2) is 9.72. The Hall–Kier alpha value is -3.56. The molecule has 1 aliphatic rings. The van der Waals surface area contributed by atoms with Gasteiger partial charge in [-0.3, -0.25) is 14.5 Å². The first-order chi connectivity index (χ1) is 17.6. The monoisotopic (exact) mass is 529 g/mol. The van der Waals surface area contributed by atoms with E-state index >= 15 is 0 Å². The Morgan fingerprint density at radius 3 is 2.57 bits per heavy atom. The van der Waals surface area contributed by atoms with Gasteiger partial charge in [0.2, 0.25) is 5.78 Å². The summed E-state index contributed by atoms with van der Waals surface area (Å²) in [6, 6.07) is 12.4. The van der Waals surface area contributed by atoms with Gasteiger partial charge in [-0.2, -0.15) is 0 Å². The number of ether oxygens (including phenoxy) is 1. The molecule has 5 rings (SSSR count). The molecule has 1 saturated heterocycles. The minimum absolute atomic E-state index is 0.106. The molecule has 192 valence electrons. The van der Waals surface area contributed by atoms with E-state index < -0.39 is 30.0 Å². The number of nitrogens with zero attached hydrogens (tertiary/aromatic N) is 2. The molecule has 0 saturated carbocycles. The minimum Gasteiger partial charge on any atom is -0.485 e. The van der Waals surface area contributed by atoms with Crippen LogP contribution in [0.2, 0.25) is 5.02 Å². The van der Waals surface area contributed by atoms with Crippen molar-refractivity contribution >= 4 is 45.0 Å². The molecule has 0 atom stereocenters. The maximum atomic E-state index is 14.0. The van der Waals surface area contributed by atoms with Crippen LogP contribution >= 0.6 is 11.6 Å². The second-order valence-electron chi connectivity index (χ2n) is 9.20. The molecule has 2 N–H and O–H groups in total. The lowest BCUT2D eigenvalue weighted by Crippen LogP contribution is -2.28. The van der Waals surface area contributed by atoms with Gasteiger partial charge in [-0.25, -0.2) is 13.2 Å². The van der Waals surface area contributed by atoms with Crippen molar-refractivity contribution in [2.24, 2.45) is 5.73 Å². The lowest BCUT2D eigenvalue weighted by Gasteiger charge is -2.16. The largest absolute Gasteiger partial charge is 0.485 e. The predicted octanol–water partition coefficient (Wildman–Crippen LogP) is 5.29. The number of hydrogen-bond donors (Lipinski definition) is 1. The van der Waals surface area contributed by atoms with Crippen LogP contribution in [0, 0.1) is 5.82 Å². The highest BCUT2D eigenvalue weighted by Gasteiger charge is 2.37. The highest BCUT2D eigenvalue weighted by atomic mass is 35.5. The number of benzene rings is 3. The van der Waals surface area contributed by atoms with E-state index in [4.69, 9.17) is 22.1 Å². The minimum atomic E-state index is -2.71. The number of carbonyl (C=O) groups is 2. The number of alkyl halides is 2. The van der Waals surface area contributed by atoms with E-state index in [0.717, 1.165) is 5.39 Å². The molecule has 0 unspecified atom stereocenters. The van der Waals surface area contributed by atoms with Crippen molar-refractivity contribution in [1.29, 1.82) is 0 Å². The summed E-state index contributed by atoms with van der Waals surface area (Å²) in [5.41, 5.74) is 6.42. The van der Waals surface area contributed by atoms with Crippen molar-refractivity contribution in [3.63, 3.8) is 0 Å². The Kier molecular flexibility index (Phi) is 6.59. The number of Topliss-reactive ketones (excluding diaryl/α,β-unsaturated/α-hetero) is 1. The molecular formula is C27H23ClF3N3O3. The fraction of sp³-hybridized carbons (Fsp3) is 0.259. The number of rotatable bonds is 8. The summed E-state index contributed by atoms with van der Waals surface area (Å²) in [4.78, 5) is 26.9. The molecule has 1 fully saturated rings.